The second-order valence-electron chi connectivity index (χ2n) is 6.68. The number of likely N-dealkylation sites (N-methyl/N-ethyl adjacent to an activating group) is 1. The van der Waals surface area contributed by atoms with Gasteiger partial charge in [-0.2, -0.15) is 0 Å². The summed E-state index contributed by atoms with van der Waals surface area (Å²) < 4.78 is 2.52. The molecule has 1 aromatic carbocycles. The van der Waals surface area contributed by atoms with E-state index in [2.05, 4.69) is 62.0 Å². The third-order valence-corrected chi connectivity index (χ3v) is 5.08. The van der Waals surface area contributed by atoms with Crippen molar-refractivity contribution in [3.63, 3.8) is 0 Å². The molecule has 1 aromatic heterocycles. The SMILES string of the molecule is CCc1nc2ccccc2n1C1C(C)CC(C)CC1NC. The molecule has 1 fully saturated rings. The van der Waals surface area contributed by atoms with E-state index in [1.807, 2.05) is 0 Å². The van der Waals surface area contributed by atoms with Gasteiger partial charge in [-0.1, -0.05) is 32.9 Å². The lowest BCUT2D eigenvalue weighted by atomic mass is 9.76. The molecule has 3 rings (SSSR count). The predicted molar refractivity (Wildman–Crippen MR) is 88.6 cm³/mol. The van der Waals surface area contributed by atoms with Gasteiger partial charge in [-0.05, 0) is 43.9 Å². The molecular weight excluding hydrogens is 258 g/mol. The van der Waals surface area contributed by atoms with Gasteiger partial charge in [-0.25, -0.2) is 4.98 Å². The quantitative estimate of drug-likeness (QED) is 0.929. The van der Waals surface area contributed by atoms with E-state index < -0.39 is 0 Å². The molecule has 3 heteroatoms. The number of nitrogens with one attached hydrogen (secondary N) is 1. The summed E-state index contributed by atoms with van der Waals surface area (Å²) in [5.41, 5.74) is 2.43. The summed E-state index contributed by atoms with van der Waals surface area (Å²) in [7, 11) is 2.10. The second kappa shape index (κ2) is 5.80. The largest absolute Gasteiger partial charge is 0.323 e. The minimum atomic E-state index is 0.508. The van der Waals surface area contributed by atoms with E-state index in [4.69, 9.17) is 4.98 Å². The lowest BCUT2D eigenvalue weighted by Crippen LogP contribution is -2.44. The average Bonchev–Trinajstić information content (AvgIpc) is 2.85. The number of benzene rings is 1. The minimum absolute atomic E-state index is 0.508. The van der Waals surface area contributed by atoms with Gasteiger partial charge in [-0.15, -0.1) is 0 Å². The molecule has 0 aliphatic heterocycles. The fourth-order valence-corrected chi connectivity index (χ4v) is 4.24. The first-order chi connectivity index (χ1) is 10.2. The molecule has 21 heavy (non-hydrogen) atoms. The molecule has 0 bridgehead atoms. The first-order valence-electron chi connectivity index (χ1n) is 8.28. The molecule has 0 saturated heterocycles. The van der Waals surface area contributed by atoms with E-state index in [9.17, 15) is 0 Å². The van der Waals surface area contributed by atoms with Crippen molar-refractivity contribution in [1.82, 2.24) is 14.9 Å². The molecule has 1 N–H and O–H groups in total. The van der Waals surface area contributed by atoms with Crippen molar-refractivity contribution in [1.29, 1.82) is 0 Å². The molecular formula is C18H27N3. The maximum absolute atomic E-state index is 4.86. The van der Waals surface area contributed by atoms with Gasteiger partial charge in [0.15, 0.2) is 0 Å². The number of para-hydroxylation sites is 2. The maximum atomic E-state index is 4.86. The van der Waals surface area contributed by atoms with Gasteiger partial charge in [0.2, 0.25) is 0 Å². The topological polar surface area (TPSA) is 29.9 Å². The van der Waals surface area contributed by atoms with Crippen LogP contribution in [0.1, 0.15) is 45.5 Å². The summed E-state index contributed by atoms with van der Waals surface area (Å²) in [4.78, 5) is 4.86. The Labute approximate surface area is 127 Å². The molecule has 3 nitrogen and oxygen atoms in total. The molecule has 0 amide bonds. The van der Waals surface area contributed by atoms with E-state index >= 15 is 0 Å². The summed E-state index contributed by atoms with van der Waals surface area (Å²) in [6.45, 7) is 6.99. The van der Waals surface area contributed by atoms with Gasteiger partial charge in [0.1, 0.15) is 5.82 Å². The summed E-state index contributed by atoms with van der Waals surface area (Å²) in [5.74, 6) is 2.70. The Morgan fingerprint density at radius 3 is 2.71 bits per heavy atom. The third-order valence-electron chi connectivity index (χ3n) is 5.08. The Kier molecular flexibility index (Phi) is 4.03. The third kappa shape index (κ3) is 2.48. The van der Waals surface area contributed by atoms with Crippen LogP contribution in [0, 0.1) is 11.8 Å². The van der Waals surface area contributed by atoms with E-state index in [-0.39, 0.29) is 0 Å². The molecule has 0 spiro atoms. The summed E-state index contributed by atoms with van der Waals surface area (Å²) in [6.07, 6.45) is 3.55. The molecule has 1 aliphatic carbocycles. The highest BCUT2D eigenvalue weighted by atomic mass is 15.1. The highest BCUT2D eigenvalue weighted by molar-refractivity contribution is 5.76. The lowest BCUT2D eigenvalue weighted by molar-refractivity contribution is 0.160. The summed E-state index contributed by atoms with van der Waals surface area (Å²) in [5, 5.41) is 3.57. The molecule has 4 atom stereocenters. The Balaban J connectivity index is 2.13. The number of aromatic nitrogens is 2. The first-order valence-corrected chi connectivity index (χ1v) is 8.28. The zero-order valence-electron chi connectivity index (χ0n) is 13.6. The van der Waals surface area contributed by atoms with Gasteiger partial charge < -0.3 is 9.88 Å². The predicted octanol–water partition coefficient (Wildman–Crippen LogP) is 3.79. The van der Waals surface area contributed by atoms with Crippen LogP contribution in [0.15, 0.2) is 24.3 Å². The monoisotopic (exact) mass is 285 g/mol. The normalized spacial score (nSPS) is 29.9. The van der Waals surface area contributed by atoms with Crippen molar-refractivity contribution < 1.29 is 0 Å². The van der Waals surface area contributed by atoms with Gasteiger partial charge in [0, 0.05) is 12.5 Å². The van der Waals surface area contributed by atoms with Crippen molar-refractivity contribution in [2.75, 3.05) is 7.05 Å². The molecule has 1 aliphatic rings. The summed E-state index contributed by atoms with van der Waals surface area (Å²) in [6, 6.07) is 9.61. The second-order valence-corrected chi connectivity index (χ2v) is 6.68. The Morgan fingerprint density at radius 1 is 1.24 bits per heavy atom. The summed E-state index contributed by atoms with van der Waals surface area (Å²) >= 11 is 0. The van der Waals surface area contributed by atoms with Crippen LogP contribution in [0.25, 0.3) is 11.0 Å². The number of aryl methyl sites for hydroxylation is 1. The van der Waals surface area contributed by atoms with E-state index in [1.165, 1.54) is 24.2 Å². The molecule has 4 unspecified atom stereocenters. The highest BCUT2D eigenvalue weighted by Crippen LogP contribution is 2.39. The average molecular weight is 285 g/mol. The number of rotatable bonds is 3. The first kappa shape index (κ1) is 14.6. The van der Waals surface area contributed by atoms with Crippen LogP contribution in [0.4, 0.5) is 0 Å². The minimum Gasteiger partial charge on any atom is -0.323 e. The van der Waals surface area contributed by atoms with Crippen LogP contribution in [0.5, 0.6) is 0 Å². The van der Waals surface area contributed by atoms with Crippen molar-refractivity contribution in [2.45, 2.75) is 52.1 Å². The van der Waals surface area contributed by atoms with E-state index in [1.54, 1.807) is 0 Å². The Morgan fingerprint density at radius 2 is 2.00 bits per heavy atom. The molecule has 1 saturated carbocycles. The maximum Gasteiger partial charge on any atom is 0.109 e. The van der Waals surface area contributed by atoms with Crippen molar-refractivity contribution in [3.05, 3.63) is 30.1 Å². The lowest BCUT2D eigenvalue weighted by Gasteiger charge is -2.41. The van der Waals surface area contributed by atoms with Crippen LogP contribution in [-0.4, -0.2) is 22.6 Å². The number of hydrogen-bond acceptors (Lipinski definition) is 2. The molecule has 1 heterocycles. The Hall–Kier alpha value is -1.35. The fourth-order valence-electron chi connectivity index (χ4n) is 4.24. The van der Waals surface area contributed by atoms with Gasteiger partial charge in [0.05, 0.1) is 17.1 Å². The van der Waals surface area contributed by atoms with Crippen LogP contribution in [0.3, 0.4) is 0 Å². The van der Waals surface area contributed by atoms with E-state index in [0.717, 1.165) is 17.9 Å². The Bertz CT molecular complexity index is 616. The van der Waals surface area contributed by atoms with Crippen molar-refractivity contribution in [3.8, 4) is 0 Å². The number of fused-ring (bicyclic) bond motifs is 1. The van der Waals surface area contributed by atoms with Crippen LogP contribution >= 0.6 is 0 Å². The van der Waals surface area contributed by atoms with Gasteiger partial charge in [-0.3, -0.25) is 0 Å². The van der Waals surface area contributed by atoms with Crippen molar-refractivity contribution >= 4 is 11.0 Å². The standard InChI is InChI=1S/C18H27N3/c1-5-17-20-14-8-6-7-9-16(14)21(17)18-13(3)10-12(2)11-15(18)19-4/h6-9,12-13,15,18-19H,5,10-11H2,1-4H3. The van der Waals surface area contributed by atoms with Crippen molar-refractivity contribution in [2.24, 2.45) is 11.8 Å². The number of nitrogens with zero attached hydrogens (tertiary/aromatic N) is 2. The zero-order chi connectivity index (χ0) is 15.0. The number of hydrogen-bond donors (Lipinski definition) is 1. The molecule has 0 radical (unpaired) electrons. The van der Waals surface area contributed by atoms with Crippen LogP contribution in [0.2, 0.25) is 0 Å². The van der Waals surface area contributed by atoms with E-state index in [0.29, 0.717) is 18.0 Å². The molecule has 114 valence electrons. The fraction of sp³-hybridized carbons (Fsp3) is 0.611. The smallest absolute Gasteiger partial charge is 0.109 e. The van der Waals surface area contributed by atoms with Gasteiger partial charge >= 0.3 is 0 Å². The van der Waals surface area contributed by atoms with Crippen LogP contribution in [-0.2, 0) is 6.42 Å². The molecule has 2 aromatic rings. The zero-order valence-corrected chi connectivity index (χ0v) is 13.6. The highest BCUT2D eigenvalue weighted by Gasteiger charge is 2.36. The number of imidazole rings is 1. The van der Waals surface area contributed by atoms with Gasteiger partial charge in [0.25, 0.3) is 0 Å². The van der Waals surface area contributed by atoms with Crippen LogP contribution < -0.4 is 5.32 Å².